The van der Waals surface area contributed by atoms with E-state index in [-0.39, 0.29) is 37.6 Å². The number of nitrogens with zero attached hydrogens (tertiary/aromatic N) is 1. The van der Waals surface area contributed by atoms with Crippen molar-refractivity contribution in [1.29, 1.82) is 0 Å². The summed E-state index contributed by atoms with van der Waals surface area (Å²) in [5, 5.41) is 12.1. The van der Waals surface area contributed by atoms with Gasteiger partial charge in [0.2, 0.25) is 5.91 Å². The summed E-state index contributed by atoms with van der Waals surface area (Å²) in [6.45, 7) is 4.30. The summed E-state index contributed by atoms with van der Waals surface area (Å²) in [5.74, 6) is -0.199. The number of hydrogen-bond acceptors (Lipinski definition) is 5. The van der Waals surface area contributed by atoms with Crippen molar-refractivity contribution in [3.05, 3.63) is 39.4 Å². The van der Waals surface area contributed by atoms with Gasteiger partial charge in [-0.05, 0) is 38.2 Å². The number of carbonyl (C=O) groups excluding carboxylic acids is 1. The number of H-pyrrole nitrogens is 1. The summed E-state index contributed by atoms with van der Waals surface area (Å²) >= 11 is 5.22. The van der Waals surface area contributed by atoms with Crippen LogP contribution >= 0.6 is 12.2 Å². The second-order valence-corrected chi connectivity index (χ2v) is 6.68. The molecule has 0 radical (unpaired) electrons. The zero-order valence-corrected chi connectivity index (χ0v) is 15.2. The number of fused-ring (bicyclic) bond motifs is 1. The third-order valence-electron chi connectivity index (χ3n) is 3.75. The van der Waals surface area contributed by atoms with Gasteiger partial charge in [-0.3, -0.25) is 14.2 Å². The van der Waals surface area contributed by atoms with Crippen LogP contribution in [-0.2, 0) is 16.1 Å². The van der Waals surface area contributed by atoms with Crippen molar-refractivity contribution in [1.82, 2.24) is 14.9 Å². The maximum absolute atomic E-state index is 12.5. The molecule has 0 aliphatic carbocycles. The molecule has 0 spiro atoms. The van der Waals surface area contributed by atoms with Gasteiger partial charge in [0.15, 0.2) is 4.77 Å². The molecule has 2 rings (SSSR count). The summed E-state index contributed by atoms with van der Waals surface area (Å²) in [6, 6.07) is 7.12. The smallest absolute Gasteiger partial charge is 0.262 e. The average Bonchev–Trinajstić information content (AvgIpc) is 2.58. The topological polar surface area (TPSA) is 96.4 Å². The fourth-order valence-corrected chi connectivity index (χ4v) is 2.67. The molecular weight excluding hydrogens is 342 g/mol. The number of aromatic nitrogens is 2. The van der Waals surface area contributed by atoms with E-state index in [1.165, 1.54) is 4.57 Å². The first-order valence-corrected chi connectivity index (χ1v) is 8.48. The normalized spacial score (nSPS) is 11.6. The first-order valence-electron chi connectivity index (χ1n) is 8.07. The summed E-state index contributed by atoms with van der Waals surface area (Å²) < 4.78 is 7.12. The molecule has 0 unspecified atom stereocenters. The second kappa shape index (κ2) is 8.37. The molecule has 0 saturated carbocycles. The van der Waals surface area contributed by atoms with E-state index < -0.39 is 5.60 Å². The number of carbonyl (C=O) groups is 1. The van der Waals surface area contributed by atoms with E-state index in [0.29, 0.717) is 22.2 Å². The minimum atomic E-state index is -0.574. The van der Waals surface area contributed by atoms with E-state index in [9.17, 15) is 9.59 Å². The van der Waals surface area contributed by atoms with Gasteiger partial charge in [-0.2, -0.15) is 0 Å². The van der Waals surface area contributed by atoms with Gasteiger partial charge < -0.3 is 20.1 Å². The summed E-state index contributed by atoms with van der Waals surface area (Å²) in [6.07, 6.45) is 0.131. The van der Waals surface area contributed by atoms with Gasteiger partial charge in [0.05, 0.1) is 29.7 Å². The minimum absolute atomic E-state index is 0.0691. The number of rotatable bonds is 8. The fourth-order valence-electron chi connectivity index (χ4n) is 2.39. The SMILES string of the molecule is CC(C)(CNC(=O)CCn1c(=S)[nH]c2ccccc2c1=O)OCCO. The Bertz CT molecular complexity index is 857. The number of para-hydroxylation sites is 1. The summed E-state index contributed by atoms with van der Waals surface area (Å²) in [4.78, 5) is 27.6. The monoisotopic (exact) mass is 365 g/mol. The second-order valence-electron chi connectivity index (χ2n) is 6.29. The van der Waals surface area contributed by atoms with Crippen LogP contribution in [0.25, 0.3) is 10.9 Å². The van der Waals surface area contributed by atoms with Crippen LogP contribution in [-0.4, -0.2) is 45.9 Å². The molecule has 0 bridgehead atoms. The number of ether oxygens (including phenoxy) is 1. The van der Waals surface area contributed by atoms with Crippen molar-refractivity contribution in [2.24, 2.45) is 0 Å². The summed E-state index contributed by atoms with van der Waals surface area (Å²) in [7, 11) is 0. The van der Waals surface area contributed by atoms with E-state index >= 15 is 0 Å². The molecule has 2 aromatic rings. The number of aliphatic hydroxyl groups is 1. The quantitative estimate of drug-likeness (QED) is 0.614. The third kappa shape index (κ3) is 5.22. The van der Waals surface area contributed by atoms with Gasteiger partial charge in [-0.25, -0.2) is 0 Å². The van der Waals surface area contributed by atoms with Gasteiger partial charge in [0, 0.05) is 19.5 Å². The zero-order valence-electron chi connectivity index (χ0n) is 14.4. The molecule has 7 nitrogen and oxygen atoms in total. The van der Waals surface area contributed by atoms with E-state index in [1.807, 2.05) is 19.9 Å². The zero-order chi connectivity index (χ0) is 18.4. The number of aliphatic hydroxyl groups excluding tert-OH is 1. The van der Waals surface area contributed by atoms with Crippen molar-refractivity contribution >= 4 is 29.0 Å². The van der Waals surface area contributed by atoms with Gasteiger partial charge in [0.1, 0.15) is 0 Å². The molecule has 136 valence electrons. The minimum Gasteiger partial charge on any atom is -0.394 e. The molecule has 0 aliphatic rings. The lowest BCUT2D eigenvalue weighted by Gasteiger charge is -2.25. The van der Waals surface area contributed by atoms with Gasteiger partial charge in [-0.15, -0.1) is 0 Å². The highest BCUT2D eigenvalue weighted by Gasteiger charge is 2.19. The summed E-state index contributed by atoms with van der Waals surface area (Å²) in [5.41, 5.74) is -0.102. The average molecular weight is 365 g/mol. The van der Waals surface area contributed by atoms with E-state index in [0.717, 1.165) is 0 Å². The highest BCUT2D eigenvalue weighted by atomic mass is 32.1. The van der Waals surface area contributed by atoms with Crippen LogP contribution in [0.2, 0.25) is 0 Å². The molecule has 25 heavy (non-hydrogen) atoms. The Labute approximate surface area is 150 Å². The van der Waals surface area contributed by atoms with Crippen molar-refractivity contribution in [2.45, 2.75) is 32.4 Å². The molecule has 0 fully saturated rings. The maximum atomic E-state index is 12.5. The number of nitrogens with one attached hydrogen (secondary N) is 2. The Morgan fingerprint density at radius 2 is 2.12 bits per heavy atom. The van der Waals surface area contributed by atoms with Crippen LogP contribution in [0, 0.1) is 4.77 Å². The first kappa shape index (κ1) is 19.3. The Morgan fingerprint density at radius 3 is 2.84 bits per heavy atom. The molecule has 1 amide bonds. The third-order valence-corrected chi connectivity index (χ3v) is 4.07. The van der Waals surface area contributed by atoms with Crippen molar-refractivity contribution in [3.8, 4) is 0 Å². The number of hydrogen-bond donors (Lipinski definition) is 3. The lowest BCUT2D eigenvalue weighted by Crippen LogP contribution is -2.41. The molecule has 1 aromatic carbocycles. The molecule has 3 N–H and O–H groups in total. The Hall–Kier alpha value is -2.03. The van der Waals surface area contributed by atoms with Gasteiger partial charge >= 0.3 is 0 Å². The first-order chi connectivity index (χ1) is 11.8. The molecule has 8 heteroatoms. The Balaban J connectivity index is 2.00. The molecule has 0 saturated heterocycles. The van der Waals surface area contributed by atoms with Gasteiger partial charge in [0.25, 0.3) is 5.56 Å². The van der Waals surface area contributed by atoms with E-state index in [4.69, 9.17) is 22.1 Å². The molecule has 1 aromatic heterocycles. The Kier molecular flexibility index (Phi) is 6.46. The number of amides is 1. The van der Waals surface area contributed by atoms with E-state index in [2.05, 4.69) is 10.3 Å². The number of aromatic amines is 1. The standard InChI is InChI=1S/C17H23N3O4S/c1-17(2,24-10-9-21)11-18-14(22)7-8-20-15(23)12-5-3-4-6-13(12)19-16(20)25/h3-6,21H,7-11H2,1-2H3,(H,18,22)(H,19,25). The van der Waals surface area contributed by atoms with Crippen LogP contribution in [0.1, 0.15) is 20.3 Å². The van der Waals surface area contributed by atoms with Crippen molar-refractivity contribution < 1.29 is 14.6 Å². The highest BCUT2D eigenvalue weighted by Crippen LogP contribution is 2.08. The Morgan fingerprint density at radius 1 is 1.40 bits per heavy atom. The predicted molar refractivity (Wildman–Crippen MR) is 98.1 cm³/mol. The number of benzene rings is 1. The molecular formula is C17H23N3O4S. The van der Waals surface area contributed by atoms with Gasteiger partial charge in [-0.1, -0.05) is 12.1 Å². The predicted octanol–water partition coefficient (Wildman–Crippen LogP) is 1.35. The van der Waals surface area contributed by atoms with Crippen LogP contribution in [0.5, 0.6) is 0 Å². The van der Waals surface area contributed by atoms with E-state index in [1.54, 1.807) is 18.2 Å². The fraction of sp³-hybridized carbons (Fsp3) is 0.471. The van der Waals surface area contributed by atoms with Crippen LogP contribution < -0.4 is 10.9 Å². The maximum Gasteiger partial charge on any atom is 0.262 e. The van der Waals surface area contributed by atoms with Crippen LogP contribution in [0.3, 0.4) is 0 Å². The van der Waals surface area contributed by atoms with Crippen LogP contribution in [0.4, 0.5) is 0 Å². The van der Waals surface area contributed by atoms with Crippen molar-refractivity contribution in [3.63, 3.8) is 0 Å². The van der Waals surface area contributed by atoms with Crippen LogP contribution in [0.15, 0.2) is 29.1 Å². The molecule has 0 aliphatic heterocycles. The largest absolute Gasteiger partial charge is 0.394 e. The lowest BCUT2D eigenvalue weighted by molar-refractivity contribution is -0.123. The molecule has 1 heterocycles. The highest BCUT2D eigenvalue weighted by molar-refractivity contribution is 7.71. The molecule has 0 atom stereocenters. The lowest BCUT2D eigenvalue weighted by atomic mass is 10.1. The van der Waals surface area contributed by atoms with Crippen molar-refractivity contribution in [2.75, 3.05) is 19.8 Å².